The Bertz CT molecular complexity index is 491. The summed E-state index contributed by atoms with van der Waals surface area (Å²) in [6.07, 6.45) is -0.149. The molecule has 0 spiro atoms. The molecule has 0 aliphatic carbocycles. The number of ether oxygens (including phenoxy) is 2. The van der Waals surface area contributed by atoms with Gasteiger partial charge in [-0.15, -0.1) is 11.8 Å². The van der Waals surface area contributed by atoms with Crippen LogP contribution in [0.3, 0.4) is 0 Å². The van der Waals surface area contributed by atoms with Crippen LogP contribution in [0.15, 0.2) is 30.3 Å². The van der Waals surface area contributed by atoms with Crippen LogP contribution in [0.4, 0.5) is 0 Å². The van der Waals surface area contributed by atoms with Gasteiger partial charge in [-0.25, -0.2) is 0 Å². The smallest absolute Gasteiger partial charge is 0.155 e. The highest BCUT2D eigenvalue weighted by Gasteiger charge is 2.35. The Morgan fingerprint density at radius 3 is 2.77 bits per heavy atom. The fourth-order valence-electron chi connectivity index (χ4n) is 2.56. The van der Waals surface area contributed by atoms with E-state index >= 15 is 0 Å². The molecule has 1 unspecified atom stereocenters. The number of rotatable bonds is 6. The number of hydrogen-bond acceptors (Lipinski definition) is 4. The third kappa shape index (κ3) is 5.43. The molecule has 1 saturated heterocycles. The zero-order valence-corrected chi connectivity index (χ0v) is 12.9. The fraction of sp³-hybridized carbons (Fsp3) is 0.556. The van der Waals surface area contributed by atoms with E-state index < -0.39 is 12.4 Å². The van der Waals surface area contributed by atoms with Crippen molar-refractivity contribution in [2.75, 3.05) is 6.61 Å². The number of benzene rings is 1. The Morgan fingerprint density at radius 1 is 1.32 bits per heavy atom. The SMILES string of the molecule is C[C@@H]1CC(O)O[C@H]1[C@H](O)CC#CCCOCc1ccccc1. The van der Waals surface area contributed by atoms with Gasteiger partial charge in [0.25, 0.3) is 0 Å². The van der Waals surface area contributed by atoms with Gasteiger partial charge in [-0.05, 0) is 11.5 Å². The van der Waals surface area contributed by atoms with Crippen molar-refractivity contribution in [1.82, 2.24) is 0 Å². The Balaban J connectivity index is 1.59. The topological polar surface area (TPSA) is 58.9 Å². The monoisotopic (exact) mass is 304 g/mol. The van der Waals surface area contributed by atoms with Crippen LogP contribution >= 0.6 is 0 Å². The second-order valence-electron chi connectivity index (χ2n) is 5.68. The molecule has 2 rings (SSSR count). The molecule has 0 amide bonds. The Kier molecular flexibility index (Phi) is 6.88. The summed E-state index contributed by atoms with van der Waals surface area (Å²) >= 11 is 0. The lowest BCUT2D eigenvalue weighted by molar-refractivity contribution is -0.122. The molecular formula is C18H24O4. The van der Waals surface area contributed by atoms with E-state index in [-0.39, 0.29) is 12.0 Å². The van der Waals surface area contributed by atoms with Crippen molar-refractivity contribution in [1.29, 1.82) is 0 Å². The summed E-state index contributed by atoms with van der Waals surface area (Å²) in [5.74, 6) is 6.11. The predicted octanol–water partition coefficient (Wildman–Crippen LogP) is 2.09. The normalized spacial score (nSPS) is 25.5. The molecular weight excluding hydrogens is 280 g/mol. The molecule has 1 fully saturated rings. The molecule has 4 nitrogen and oxygen atoms in total. The van der Waals surface area contributed by atoms with E-state index in [0.717, 1.165) is 5.56 Å². The van der Waals surface area contributed by atoms with E-state index in [1.54, 1.807) is 0 Å². The summed E-state index contributed by atoms with van der Waals surface area (Å²) in [4.78, 5) is 0. The number of hydrogen-bond donors (Lipinski definition) is 2. The largest absolute Gasteiger partial charge is 0.389 e. The predicted molar refractivity (Wildman–Crippen MR) is 83.8 cm³/mol. The molecule has 1 heterocycles. The molecule has 0 bridgehead atoms. The molecule has 0 radical (unpaired) electrons. The van der Waals surface area contributed by atoms with Crippen LogP contribution < -0.4 is 0 Å². The van der Waals surface area contributed by atoms with Crippen molar-refractivity contribution in [2.45, 2.75) is 51.3 Å². The summed E-state index contributed by atoms with van der Waals surface area (Å²) in [5, 5.41) is 19.4. The fourth-order valence-corrected chi connectivity index (χ4v) is 2.56. The van der Waals surface area contributed by atoms with Gasteiger partial charge in [0, 0.05) is 19.3 Å². The van der Waals surface area contributed by atoms with Gasteiger partial charge in [0.15, 0.2) is 6.29 Å². The zero-order chi connectivity index (χ0) is 15.8. The molecule has 1 aliphatic rings. The van der Waals surface area contributed by atoms with Gasteiger partial charge in [-0.2, -0.15) is 0 Å². The van der Waals surface area contributed by atoms with E-state index in [1.807, 2.05) is 37.3 Å². The Labute approximate surface area is 132 Å². The minimum absolute atomic E-state index is 0.154. The van der Waals surface area contributed by atoms with Gasteiger partial charge in [-0.3, -0.25) is 0 Å². The molecule has 4 heteroatoms. The standard InChI is InChI=1S/C18H24O4/c1-14-12-17(20)22-18(14)16(19)10-6-3-7-11-21-13-15-8-4-2-5-9-15/h2,4-5,8-9,14,16-20H,7,10-13H2,1H3/t14-,16-,17?,18-/m1/s1. The summed E-state index contributed by atoms with van der Waals surface area (Å²) < 4.78 is 10.8. The summed E-state index contributed by atoms with van der Waals surface area (Å²) in [6, 6.07) is 10.0. The van der Waals surface area contributed by atoms with E-state index in [1.165, 1.54) is 0 Å². The Morgan fingerprint density at radius 2 is 2.09 bits per heavy atom. The van der Waals surface area contributed by atoms with Crippen LogP contribution in [0.5, 0.6) is 0 Å². The Hall–Kier alpha value is -1.38. The van der Waals surface area contributed by atoms with Crippen molar-refractivity contribution in [3.8, 4) is 11.8 Å². The first-order valence-electron chi connectivity index (χ1n) is 7.76. The second-order valence-corrected chi connectivity index (χ2v) is 5.68. The third-order valence-electron chi connectivity index (χ3n) is 3.75. The molecule has 0 aromatic heterocycles. The molecule has 120 valence electrons. The van der Waals surface area contributed by atoms with Crippen molar-refractivity contribution < 1.29 is 19.7 Å². The molecule has 1 aromatic carbocycles. The number of aliphatic hydroxyl groups is 2. The van der Waals surface area contributed by atoms with E-state index in [4.69, 9.17) is 9.47 Å². The summed E-state index contributed by atoms with van der Waals surface area (Å²) in [7, 11) is 0. The maximum Gasteiger partial charge on any atom is 0.155 e. The lowest BCUT2D eigenvalue weighted by Crippen LogP contribution is -2.30. The quantitative estimate of drug-likeness (QED) is 0.624. The van der Waals surface area contributed by atoms with Crippen LogP contribution in [0.2, 0.25) is 0 Å². The molecule has 1 aromatic rings. The van der Waals surface area contributed by atoms with Gasteiger partial charge in [0.05, 0.1) is 25.4 Å². The highest BCUT2D eigenvalue weighted by Crippen LogP contribution is 2.27. The van der Waals surface area contributed by atoms with Crippen LogP contribution in [0, 0.1) is 17.8 Å². The van der Waals surface area contributed by atoms with E-state index in [0.29, 0.717) is 32.5 Å². The first kappa shape index (κ1) is 17.0. The lowest BCUT2D eigenvalue weighted by atomic mass is 9.97. The zero-order valence-electron chi connectivity index (χ0n) is 12.9. The third-order valence-corrected chi connectivity index (χ3v) is 3.75. The van der Waals surface area contributed by atoms with Crippen LogP contribution in [-0.4, -0.2) is 35.3 Å². The molecule has 4 atom stereocenters. The highest BCUT2D eigenvalue weighted by atomic mass is 16.6. The number of aliphatic hydroxyl groups excluding tert-OH is 2. The van der Waals surface area contributed by atoms with Gasteiger partial charge < -0.3 is 19.7 Å². The highest BCUT2D eigenvalue weighted by molar-refractivity contribution is 5.13. The van der Waals surface area contributed by atoms with Crippen molar-refractivity contribution in [3.05, 3.63) is 35.9 Å². The first-order chi connectivity index (χ1) is 10.7. The first-order valence-corrected chi connectivity index (χ1v) is 7.76. The van der Waals surface area contributed by atoms with Crippen molar-refractivity contribution >= 4 is 0 Å². The van der Waals surface area contributed by atoms with Gasteiger partial charge in [0.2, 0.25) is 0 Å². The molecule has 1 aliphatic heterocycles. The van der Waals surface area contributed by atoms with E-state index in [2.05, 4.69) is 11.8 Å². The molecule has 2 N–H and O–H groups in total. The maximum absolute atomic E-state index is 10.0. The van der Waals surface area contributed by atoms with Gasteiger partial charge >= 0.3 is 0 Å². The average molecular weight is 304 g/mol. The van der Waals surface area contributed by atoms with Crippen LogP contribution in [-0.2, 0) is 16.1 Å². The molecule has 0 saturated carbocycles. The summed E-state index contributed by atoms with van der Waals surface area (Å²) in [6.45, 7) is 3.14. The lowest BCUT2D eigenvalue weighted by Gasteiger charge is -2.19. The molecule has 22 heavy (non-hydrogen) atoms. The summed E-state index contributed by atoms with van der Waals surface area (Å²) in [5.41, 5.74) is 1.15. The second kappa shape index (κ2) is 8.92. The maximum atomic E-state index is 10.0. The minimum atomic E-state index is -0.756. The van der Waals surface area contributed by atoms with Gasteiger partial charge in [0.1, 0.15) is 0 Å². The van der Waals surface area contributed by atoms with Crippen LogP contribution in [0.25, 0.3) is 0 Å². The van der Waals surface area contributed by atoms with Crippen molar-refractivity contribution in [2.24, 2.45) is 5.92 Å². The van der Waals surface area contributed by atoms with Crippen LogP contribution in [0.1, 0.15) is 31.7 Å². The van der Waals surface area contributed by atoms with Crippen molar-refractivity contribution in [3.63, 3.8) is 0 Å². The van der Waals surface area contributed by atoms with Gasteiger partial charge in [-0.1, -0.05) is 37.3 Å². The van der Waals surface area contributed by atoms with E-state index in [9.17, 15) is 10.2 Å². The average Bonchev–Trinajstić information content (AvgIpc) is 2.86. The minimum Gasteiger partial charge on any atom is -0.389 e.